The van der Waals surface area contributed by atoms with E-state index in [9.17, 15) is 0 Å². The van der Waals surface area contributed by atoms with Crippen LogP contribution in [0.1, 0.15) is 65.7 Å². The van der Waals surface area contributed by atoms with E-state index in [1.165, 1.54) is 44.9 Å². The number of nitrogens with one attached hydrogen (secondary N) is 1. The van der Waals surface area contributed by atoms with Crippen LogP contribution in [0.25, 0.3) is 0 Å². The molecule has 3 atom stereocenters. The molecule has 0 saturated heterocycles. The van der Waals surface area contributed by atoms with Crippen LogP contribution < -0.4 is 5.32 Å². The summed E-state index contributed by atoms with van der Waals surface area (Å²) in [6.07, 6.45) is 9.95. The molecule has 0 bridgehead atoms. The Bertz CT molecular complexity index is 184. The van der Waals surface area contributed by atoms with Crippen molar-refractivity contribution in [1.82, 2.24) is 5.32 Å². The lowest BCUT2D eigenvalue weighted by Gasteiger charge is -2.29. The second-order valence-corrected chi connectivity index (χ2v) is 5.73. The lowest BCUT2D eigenvalue weighted by atomic mass is 9.88. The van der Waals surface area contributed by atoms with Gasteiger partial charge in [-0.2, -0.15) is 0 Å². The smallest absolute Gasteiger partial charge is 0.0581 e. The lowest BCUT2D eigenvalue weighted by molar-refractivity contribution is -0.0339. The van der Waals surface area contributed by atoms with Gasteiger partial charge in [-0.05, 0) is 58.0 Å². The van der Waals surface area contributed by atoms with Gasteiger partial charge in [-0.1, -0.05) is 26.7 Å². The van der Waals surface area contributed by atoms with Gasteiger partial charge in [0.1, 0.15) is 0 Å². The van der Waals surface area contributed by atoms with E-state index in [1.807, 2.05) is 0 Å². The van der Waals surface area contributed by atoms with E-state index in [-0.39, 0.29) is 0 Å². The van der Waals surface area contributed by atoms with Crippen LogP contribution >= 0.6 is 0 Å². The summed E-state index contributed by atoms with van der Waals surface area (Å²) in [6.45, 7) is 9.09. The SMILES string of the molecule is CCCNCCCC(C)OC1CCCC(C)C1. The molecule has 0 radical (unpaired) electrons. The second-order valence-electron chi connectivity index (χ2n) is 5.73. The van der Waals surface area contributed by atoms with E-state index < -0.39 is 0 Å². The van der Waals surface area contributed by atoms with Gasteiger partial charge >= 0.3 is 0 Å². The van der Waals surface area contributed by atoms with Crippen molar-refractivity contribution >= 4 is 0 Å². The van der Waals surface area contributed by atoms with Gasteiger partial charge in [0, 0.05) is 0 Å². The third kappa shape index (κ3) is 7.05. The Kier molecular flexibility index (Phi) is 7.87. The van der Waals surface area contributed by atoms with Crippen molar-refractivity contribution in [3.8, 4) is 0 Å². The molecule has 0 aromatic rings. The van der Waals surface area contributed by atoms with Crippen molar-refractivity contribution in [1.29, 1.82) is 0 Å². The number of hydrogen-bond donors (Lipinski definition) is 1. The lowest BCUT2D eigenvalue weighted by Crippen LogP contribution is -2.26. The zero-order valence-corrected chi connectivity index (χ0v) is 12.0. The number of rotatable bonds is 8. The molecule has 2 nitrogen and oxygen atoms in total. The molecule has 3 unspecified atom stereocenters. The van der Waals surface area contributed by atoms with Crippen molar-refractivity contribution < 1.29 is 4.74 Å². The molecule has 1 rings (SSSR count). The largest absolute Gasteiger partial charge is 0.375 e. The van der Waals surface area contributed by atoms with Crippen LogP contribution in [0.4, 0.5) is 0 Å². The van der Waals surface area contributed by atoms with Crippen molar-refractivity contribution in [2.24, 2.45) is 5.92 Å². The molecule has 0 aromatic carbocycles. The quantitative estimate of drug-likeness (QED) is 0.653. The third-order valence-electron chi connectivity index (χ3n) is 3.70. The minimum atomic E-state index is 0.439. The fraction of sp³-hybridized carbons (Fsp3) is 1.00. The third-order valence-corrected chi connectivity index (χ3v) is 3.70. The monoisotopic (exact) mass is 241 g/mol. The van der Waals surface area contributed by atoms with E-state index in [1.54, 1.807) is 0 Å². The van der Waals surface area contributed by atoms with Gasteiger partial charge in [-0.3, -0.25) is 0 Å². The van der Waals surface area contributed by atoms with Crippen LogP contribution in [0.5, 0.6) is 0 Å². The first kappa shape index (κ1) is 15.0. The summed E-state index contributed by atoms with van der Waals surface area (Å²) in [5.41, 5.74) is 0. The predicted octanol–water partition coefficient (Wildman–Crippen LogP) is 3.75. The highest BCUT2D eigenvalue weighted by Crippen LogP contribution is 2.26. The molecule has 0 heterocycles. The topological polar surface area (TPSA) is 21.3 Å². The zero-order chi connectivity index (χ0) is 12.5. The Labute approximate surface area is 108 Å². The van der Waals surface area contributed by atoms with Gasteiger partial charge in [-0.25, -0.2) is 0 Å². The molecule has 17 heavy (non-hydrogen) atoms. The first-order chi connectivity index (χ1) is 8.22. The summed E-state index contributed by atoms with van der Waals surface area (Å²) in [5, 5.41) is 3.45. The molecule has 0 spiro atoms. The normalized spacial score (nSPS) is 27.0. The summed E-state index contributed by atoms with van der Waals surface area (Å²) in [4.78, 5) is 0. The first-order valence-electron chi connectivity index (χ1n) is 7.58. The van der Waals surface area contributed by atoms with Gasteiger partial charge in [0.05, 0.1) is 12.2 Å². The minimum absolute atomic E-state index is 0.439. The average molecular weight is 241 g/mol. The molecule has 1 saturated carbocycles. The predicted molar refractivity (Wildman–Crippen MR) is 74.4 cm³/mol. The van der Waals surface area contributed by atoms with E-state index in [0.29, 0.717) is 12.2 Å². The first-order valence-corrected chi connectivity index (χ1v) is 7.58. The van der Waals surface area contributed by atoms with Crippen LogP contribution in [0, 0.1) is 5.92 Å². The summed E-state index contributed by atoms with van der Waals surface area (Å²) < 4.78 is 6.14. The Balaban J connectivity index is 2.01. The van der Waals surface area contributed by atoms with Crippen LogP contribution in [0.15, 0.2) is 0 Å². The van der Waals surface area contributed by atoms with Crippen LogP contribution in [-0.4, -0.2) is 25.3 Å². The zero-order valence-electron chi connectivity index (χ0n) is 12.0. The van der Waals surface area contributed by atoms with E-state index in [0.717, 1.165) is 19.0 Å². The standard InChI is InChI=1S/C15H31NO/c1-4-10-16-11-6-8-14(3)17-15-9-5-7-13(2)12-15/h13-16H,4-12H2,1-3H3. The van der Waals surface area contributed by atoms with Crippen LogP contribution in [-0.2, 0) is 4.74 Å². The molecule has 102 valence electrons. The molecule has 1 aliphatic carbocycles. The van der Waals surface area contributed by atoms with Crippen molar-refractivity contribution in [3.05, 3.63) is 0 Å². The highest BCUT2D eigenvalue weighted by atomic mass is 16.5. The van der Waals surface area contributed by atoms with Crippen molar-refractivity contribution in [2.45, 2.75) is 77.9 Å². The fourth-order valence-corrected chi connectivity index (χ4v) is 2.71. The summed E-state index contributed by atoms with van der Waals surface area (Å²) in [5.74, 6) is 0.868. The Morgan fingerprint density at radius 3 is 2.82 bits per heavy atom. The van der Waals surface area contributed by atoms with Gasteiger partial charge in [0.25, 0.3) is 0 Å². The summed E-state index contributed by atoms with van der Waals surface area (Å²) >= 11 is 0. The maximum Gasteiger partial charge on any atom is 0.0581 e. The molecule has 0 aliphatic heterocycles. The highest BCUT2D eigenvalue weighted by Gasteiger charge is 2.20. The molecule has 1 N–H and O–H groups in total. The van der Waals surface area contributed by atoms with Crippen molar-refractivity contribution in [3.63, 3.8) is 0 Å². The molecule has 1 aliphatic rings. The summed E-state index contributed by atoms with van der Waals surface area (Å²) in [6, 6.07) is 0. The highest BCUT2D eigenvalue weighted by molar-refractivity contribution is 4.71. The molecular formula is C15H31NO. The van der Waals surface area contributed by atoms with Crippen LogP contribution in [0.2, 0.25) is 0 Å². The molecule has 0 amide bonds. The fourth-order valence-electron chi connectivity index (χ4n) is 2.71. The van der Waals surface area contributed by atoms with Gasteiger partial charge < -0.3 is 10.1 Å². The van der Waals surface area contributed by atoms with Gasteiger partial charge in [0.15, 0.2) is 0 Å². The van der Waals surface area contributed by atoms with E-state index in [4.69, 9.17) is 4.74 Å². The molecular weight excluding hydrogens is 210 g/mol. The number of hydrogen-bond acceptors (Lipinski definition) is 2. The number of ether oxygens (including phenoxy) is 1. The Hall–Kier alpha value is -0.0800. The maximum absolute atomic E-state index is 6.14. The van der Waals surface area contributed by atoms with Gasteiger partial charge in [-0.15, -0.1) is 0 Å². The molecule has 0 aromatic heterocycles. The van der Waals surface area contributed by atoms with E-state index >= 15 is 0 Å². The average Bonchev–Trinajstić information content (AvgIpc) is 2.29. The van der Waals surface area contributed by atoms with Crippen molar-refractivity contribution in [2.75, 3.05) is 13.1 Å². The molecule has 1 fully saturated rings. The summed E-state index contributed by atoms with van der Waals surface area (Å²) in [7, 11) is 0. The van der Waals surface area contributed by atoms with Gasteiger partial charge in [0.2, 0.25) is 0 Å². The Morgan fingerprint density at radius 1 is 1.29 bits per heavy atom. The Morgan fingerprint density at radius 2 is 2.12 bits per heavy atom. The molecule has 2 heteroatoms. The second kappa shape index (κ2) is 8.93. The minimum Gasteiger partial charge on any atom is -0.375 e. The van der Waals surface area contributed by atoms with E-state index in [2.05, 4.69) is 26.1 Å². The maximum atomic E-state index is 6.14. The van der Waals surface area contributed by atoms with Crippen LogP contribution in [0.3, 0.4) is 0 Å².